The third-order valence-corrected chi connectivity index (χ3v) is 5.15. The maximum absolute atomic E-state index is 6.36. The van der Waals surface area contributed by atoms with E-state index in [1.165, 1.54) is 24.8 Å². The van der Waals surface area contributed by atoms with Crippen molar-refractivity contribution in [3.05, 3.63) is 29.0 Å². The lowest BCUT2D eigenvalue weighted by Crippen LogP contribution is -2.48. The highest BCUT2D eigenvalue weighted by Crippen LogP contribution is 2.47. The van der Waals surface area contributed by atoms with Gasteiger partial charge >= 0.3 is 0 Å². The zero-order valence-corrected chi connectivity index (χ0v) is 12.8. The van der Waals surface area contributed by atoms with Crippen molar-refractivity contribution < 1.29 is 4.74 Å². The van der Waals surface area contributed by atoms with E-state index in [2.05, 4.69) is 23.3 Å². The van der Waals surface area contributed by atoms with Gasteiger partial charge in [0.2, 0.25) is 0 Å². The largest absolute Gasteiger partial charge is 0.375 e. The van der Waals surface area contributed by atoms with Crippen molar-refractivity contribution in [3.63, 3.8) is 0 Å². The first-order chi connectivity index (χ1) is 9.74. The monoisotopic (exact) mass is 294 g/mol. The summed E-state index contributed by atoms with van der Waals surface area (Å²) in [5, 5.41) is 4.40. The molecule has 2 atom stereocenters. The Morgan fingerprint density at radius 2 is 2.40 bits per heavy atom. The number of hydrogen-bond acceptors (Lipinski definition) is 3. The van der Waals surface area contributed by atoms with Crippen LogP contribution in [0.4, 0.5) is 0 Å². The zero-order chi connectivity index (χ0) is 14.0. The maximum atomic E-state index is 6.36. The molecule has 1 saturated heterocycles. The van der Waals surface area contributed by atoms with Crippen LogP contribution in [-0.4, -0.2) is 23.7 Å². The van der Waals surface area contributed by atoms with Gasteiger partial charge in [0, 0.05) is 25.0 Å². The Bertz CT molecular complexity index is 462. The molecule has 0 aromatic carbocycles. The van der Waals surface area contributed by atoms with E-state index in [-0.39, 0.29) is 5.60 Å². The van der Waals surface area contributed by atoms with Crippen molar-refractivity contribution in [2.75, 3.05) is 13.2 Å². The molecule has 1 saturated carbocycles. The second-order valence-electron chi connectivity index (χ2n) is 6.07. The van der Waals surface area contributed by atoms with E-state index >= 15 is 0 Å². The number of pyridine rings is 1. The van der Waals surface area contributed by atoms with Crippen LogP contribution in [0.25, 0.3) is 0 Å². The number of nitrogens with one attached hydrogen (secondary N) is 1. The predicted octanol–water partition coefficient (Wildman–Crippen LogP) is 3.73. The second-order valence-corrected chi connectivity index (χ2v) is 6.48. The molecule has 2 fully saturated rings. The fraction of sp³-hybridized carbons (Fsp3) is 0.688. The van der Waals surface area contributed by atoms with Crippen LogP contribution >= 0.6 is 11.6 Å². The average Bonchev–Trinajstić information content (AvgIpc) is 2.44. The highest BCUT2D eigenvalue weighted by molar-refractivity contribution is 6.31. The Hall–Kier alpha value is -0.640. The van der Waals surface area contributed by atoms with Gasteiger partial charge in [-0.25, -0.2) is 0 Å². The molecule has 2 aliphatic rings. The highest BCUT2D eigenvalue weighted by atomic mass is 35.5. The Balaban J connectivity index is 1.81. The summed E-state index contributed by atoms with van der Waals surface area (Å²) >= 11 is 6.36. The molecule has 2 heterocycles. The molecular formula is C16H23ClN2O. The topological polar surface area (TPSA) is 34.2 Å². The van der Waals surface area contributed by atoms with Crippen molar-refractivity contribution in [3.8, 4) is 0 Å². The van der Waals surface area contributed by atoms with E-state index in [1.807, 2.05) is 6.20 Å². The second kappa shape index (κ2) is 6.00. The molecule has 1 N–H and O–H groups in total. The first-order valence-corrected chi connectivity index (χ1v) is 8.09. The van der Waals surface area contributed by atoms with Crippen molar-refractivity contribution in [1.82, 2.24) is 10.3 Å². The molecule has 3 rings (SSSR count). The van der Waals surface area contributed by atoms with Crippen LogP contribution in [0.5, 0.6) is 0 Å². The Morgan fingerprint density at radius 1 is 1.55 bits per heavy atom. The summed E-state index contributed by atoms with van der Waals surface area (Å²) in [4.78, 5) is 4.10. The summed E-state index contributed by atoms with van der Waals surface area (Å²) in [7, 11) is 0. The summed E-state index contributed by atoms with van der Waals surface area (Å²) in [5.41, 5.74) is 1.36. The predicted molar refractivity (Wildman–Crippen MR) is 80.9 cm³/mol. The molecule has 1 spiro atoms. The number of nitrogens with zero attached hydrogens (tertiary/aromatic N) is 1. The first kappa shape index (κ1) is 14.3. The molecule has 3 nitrogen and oxygen atoms in total. The van der Waals surface area contributed by atoms with Crippen molar-refractivity contribution in [1.29, 1.82) is 0 Å². The van der Waals surface area contributed by atoms with E-state index < -0.39 is 0 Å². The fourth-order valence-corrected chi connectivity index (χ4v) is 3.90. The van der Waals surface area contributed by atoms with Gasteiger partial charge < -0.3 is 10.1 Å². The van der Waals surface area contributed by atoms with Crippen molar-refractivity contribution in [2.45, 2.75) is 50.7 Å². The molecule has 2 unspecified atom stereocenters. The third-order valence-electron chi connectivity index (χ3n) is 4.83. The minimum atomic E-state index is 0.177. The number of rotatable bonds is 4. The normalized spacial score (nSPS) is 26.2. The first-order valence-electron chi connectivity index (χ1n) is 7.71. The molecule has 110 valence electrons. The van der Waals surface area contributed by atoms with E-state index in [0.717, 1.165) is 31.0 Å². The van der Waals surface area contributed by atoms with Gasteiger partial charge in [-0.05, 0) is 56.2 Å². The summed E-state index contributed by atoms with van der Waals surface area (Å²) < 4.78 is 6.05. The highest BCUT2D eigenvalue weighted by Gasteiger charge is 2.44. The summed E-state index contributed by atoms with van der Waals surface area (Å²) in [6, 6.07) is 2.37. The van der Waals surface area contributed by atoms with Gasteiger partial charge in [-0.2, -0.15) is 0 Å². The van der Waals surface area contributed by atoms with Gasteiger partial charge in [-0.1, -0.05) is 18.5 Å². The van der Waals surface area contributed by atoms with Crippen LogP contribution in [0.2, 0.25) is 5.02 Å². The molecule has 20 heavy (non-hydrogen) atoms. The summed E-state index contributed by atoms with van der Waals surface area (Å²) in [6.07, 6.45) is 9.62. The van der Waals surface area contributed by atoms with Crippen LogP contribution in [0.3, 0.4) is 0 Å². The zero-order valence-electron chi connectivity index (χ0n) is 12.1. The average molecular weight is 295 g/mol. The van der Waals surface area contributed by atoms with Gasteiger partial charge in [-0.15, -0.1) is 0 Å². The maximum Gasteiger partial charge on any atom is 0.0686 e. The van der Waals surface area contributed by atoms with E-state index in [0.29, 0.717) is 12.0 Å². The van der Waals surface area contributed by atoms with E-state index in [1.54, 1.807) is 6.20 Å². The molecule has 0 bridgehead atoms. The van der Waals surface area contributed by atoms with Gasteiger partial charge in [0.05, 0.1) is 10.6 Å². The quantitative estimate of drug-likeness (QED) is 0.918. The fourth-order valence-electron chi connectivity index (χ4n) is 3.66. The molecule has 1 aromatic heterocycles. The smallest absolute Gasteiger partial charge is 0.0686 e. The standard InChI is InChI=1S/C16H23ClN2O/c1-2-19-15(13-4-8-18-11-14(13)17)12-5-9-20-16(10-12)6-3-7-16/h4,8,11-12,15,19H,2-3,5-7,9-10H2,1H3. The van der Waals surface area contributed by atoms with Gasteiger partial charge in [0.1, 0.15) is 0 Å². The molecule has 1 aliphatic carbocycles. The lowest BCUT2D eigenvalue weighted by Gasteiger charge is -2.49. The van der Waals surface area contributed by atoms with Crippen LogP contribution in [0, 0.1) is 5.92 Å². The van der Waals surface area contributed by atoms with Crippen LogP contribution in [0.15, 0.2) is 18.5 Å². The summed E-state index contributed by atoms with van der Waals surface area (Å²) in [5.74, 6) is 0.601. The number of aromatic nitrogens is 1. The molecule has 0 amide bonds. The third kappa shape index (κ3) is 2.72. The minimum absolute atomic E-state index is 0.177. The van der Waals surface area contributed by atoms with E-state index in [4.69, 9.17) is 16.3 Å². The summed E-state index contributed by atoms with van der Waals surface area (Å²) in [6.45, 7) is 3.99. The molecular weight excluding hydrogens is 272 g/mol. The number of ether oxygens (including phenoxy) is 1. The van der Waals surface area contributed by atoms with Gasteiger partial charge in [-0.3, -0.25) is 4.98 Å². The lowest BCUT2D eigenvalue weighted by atomic mass is 9.69. The number of halogens is 1. The minimum Gasteiger partial charge on any atom is -0.375 e. The molecule has 1 aliphatic heterocycles. The van der Waals surface area contributed by atoms with Crippen LogP contribution < -0.4 is 5.32 Å². The van der Waals surface area contributed by atoms with E-state index in [9.17, 15) is 0 Å². The van der Waals surface area contributed by atoms with Crippen LogP contribution in [-0.2, 0) is 4.74 Å². The van der Waals surface area contributed by atoms with Gasteiger partial charge in [0.15, 0.2) is 0 Å². The lowest BCUT2D eigenvalue weighted by molar-refractivity contribution is -0.147. The Morgan fingerprint density at radius 3 is 3.05 bits per heavy atom. The van der Waals surface area contributed by atoms with Crippen LogP contribution in [0.1, 0.15) is 50.6 Å². The van der Waals surface area contributed by atoms with Gasteiger partial charge in [0.25, 0.3) is 0 Å². The van der Waals surface area contributed by atoms with Crippen molar-refractivity contribution in [2.24, 2.45) is 5.92 Å². The molecule has 1 aromatic rings. The molecule has 0 radical (unpaired) electrons. The molecule has 4 heteroatoms. The SMILES string of the molecule is CCNC(c1ccncc1Cl)C1CCOC2(CCC2)C1. The van der Waals surface area contributed by atoms with Crippen molar-refractivity contribution >= 4 is 11.6 Å². The Kier molecular flexibility index (Phi) is 4.29. The Labute approximate surface area is 126 Å². The number of hydrogen-bond donors (Lipinski definition) is 1.